The summed E-state index contributed by atoms with van der Waals surface area (Å²) in [4.78, 5) is 24.2. The molecule has 2 aromatic carbocycles. The van der Waals surface area contributed by atoms with E-state index < -0.39 is 11.8 Å². The van der Waals surface area contributed by atoms with E-state index in [9.17, 15) is 14.0 Å². The molecule has 8 heteroatoms. The number of hydrazine groups is 1. The predicted octanol–water partition coefficient (Wildman–Crippen LogP) is 4.47. The maximum Gasteiger partial charge on any atom is 0.305 e. The number of rotatable bonds is 3. The Labute approximate surface area is 157 Å². The van der Waals surface area contributed by atoms with Gasteiger partial charge in [-0.3, -0.25) is 20.4 Å². The largest absolute Gasteiger partial charge is 0.451 e. The Morgan fingerprint density at radius 2 is 1.58 bits per heavy atom. The zero-order valence-electron chi connectivity index (χ0n) is 13.1. The molecule has 5 nitrogen and oxygen atoms in total. The smallest absolute Gasteiger partial charge is 0.305 e. The van der Waals surface area contributed by atoms with Crippen molar-refractivity contribution in [2.45, 2.75) is 0 Å². The van der Waals surface area contributed by atoms with Crippen LogP contribution in [0, 0.1) is 5.82 Å². The van der Waals surface area contributed by atoms with Gasteiger partial charge < -0.3 is 4.42 Å². The second kappa shape index (κ2) is 7.59. The van der Waals surface area contributed by atoms with E-state index in [1.807, 2.05) is 0 Å². The maximum atomic E-state index is 13.0. The first-order valence-electron chi connectivity index (χ1n) is 7.35. The standard InChI is InChI=1S/C18H11Cl2FN2O3/c19-11-3-6-14(20)13(9-11)17(24)22-23-18(25)16-8-7-15(26-16)10-1-4-12(21)5-2-10/h1-9H,(H,22,24)(H,23,25). The summed E-state index contributed by atoms with van der Waals surface area (Å²) in [5.74, 6) is -1.30. The van der Waals surface area contributed by atoms with Gasteiger partial charge in [0, 0.05) is 10.6 Å². The molecule has 132 valence electrons. The Hall–Kier alpha value is -2.83. The van der Waals surface area contributed by atoms with E-state index in [-0.39, 0.29) is 22.2 Å². The monoisotopic (exact) mass is 392 g/mol. The minimum atomic E-state index is -0.662. The molecule has 1 aromatic heterocycles. The Morgan fingerprint density at radius 3 is 2.31 bits per heavy atom. The highest BCUT2D eigenvalue weighted by atomic mass is 35.5. The van der Waals surface area contributed by atoms with Crippen LogP contribution >= 0.6 is 23.2 Å². The second-order valence-corrected chi connectivity index (χ2v) is 6.05. The van der Waals surface area contributed by atoms with E-state index in [1.54, 1.807) is 12.1 Å². The Kier molecular flexibility index (Phi) is 5.25. The zero-order valence-corrected chi connectivity index (χ0v) is 14.6. The Bertz CT molecular complexity index is 971. The molecule has 1 heterocycles. The van der Waals surface area contributed by atoms with Crippen molar-refractivity contribution in [1.82, 2.24) is 10.9 Å². The summed E-state index contributed by atoms with van der Waals surface area (Å²) in [7, 11) is 0. The summed E-state index contributed by atoms with van der Waals surface area (Å²) in [6.07, 6.45) is 0. The fourth-order valence-electron chi connectivity index (χ4n) is 2.14. The molecule has 3 aromatic rings. The van der Waals surface area contributed by atoms with Gasteiger partial charge >= 0.3 is 5.91 Å². The van der Waals surface area contributed by atoms with Crippen LogP contribution < -0.4 is 10.9 Å². The molecule has 2 amide bonds. The Balaban J connectivity index is 1.66. The van der Waals surface area contributed by atoms with Crippen LogP contribution in [0.25, 0.3) is 11.3 Å². The molecular formula is C18H11Cl2FN2O3. The lowest BCUT2D eigenvalue weighted by Crippen LogP contribution is -2.41. The van der Waals surface area contributed by atoms with E-state index in [0.29, 0.717) is 16.3 Å². The summed E-state index contributed by atoms with van der Waals surface area (Å²) in [5.41, 5.74) is 5.18. The van der Waals surface area contributed by atoms with E-state index in [2.05, 4.69) is 10.9 Å². The number of carbonyl (C=O) groups excluding carboxylic acids is 2. The lowest BCUT2D eigenvalue weighted by atomic mass is 10.2. The molecule has 0 unspecified atom stereocenters. The number of halogens is 3. The van der Waals surface area contributed by atoms with Gasteiger partial charge in [-0.1, -0.05) is 23.2 Å². The quantitative estimate of drug-likeness (QED) is 0.646. The van der Waals surface area contributed by atoms with Gasteiger partial charge in [0.25, 0.3) is 5.91 Å². The van der Waals surface area contributed by atoms with Gasteiger partial charge in [-0.25, -0.2) is 4.39 Å². The number of benzene rings is 2. The number of nitrogens with one attached hydrogen (secondary N) is 2. The van der Waals surface area contributed by atoms with Gasteiger partial charge in [-0.2, -0.15) is 0 Å². The van der Waals surface area contributed by atoms with Crippen LogP contribution in [0.4, 0.5) is 4.39 Å². The minimum Gasteiger partial charge on any atom is -0.451 e. The number of amides is 2. The van der Waals surface area contributed by atoms with Gasteiger partial charge in [-0.15, -0.1) is 0 Å². The SMILES string of the molecule is O=C(NNC(=O)c1cc(Cl)ccc1Cl)c1ccc(-c2ccc(F)cc2)o1. The van der Waals surface area contributed by atoms with Crippen molar-refractivity contribution >= 4 is 35.0 Å². The molecule has 0 bridgehead atoms. The van der Waals surface area contributed by atoms with E-state index in [1.165, 1.54) is 42.5 Å². The number of furan rings is 1. The van der Waals surface area contributed by atoms with Crippen LogP contribution in [0.1, 0.15) is 20.9 Å². The van der Waals surface area contributed by atoms with Crippen molar-refractivity contribution in [2.24, 2.45) is 0 Å². The van der Waals surface area contributed by atoms with Crippen LogP contribution in [0.5, 0.6) is 0 Å². The highest BCUT2D eigenvalue weighted by Crippen LogP contribution is 2.22. The molecule has 3 rings (SSSR count). The first kappa shape index (κ1) is 18.0. The summed E-state index contributed by atoms with van der Waals surface area (Å²) in [6.45, 7) is 0. The van der Waals surface area contributed by atoms with Crippen molar-refractivity contribution in [2.75, 3.05) is 0 Å². The van der Waals surface area contributed by atoms with E-state index >= 15 is 0 Å². The molecule has 0 aliphatic rings. The Morgan fingerprint density at radius 1 is 0.885 bits per heavy atom. The lowest BCUT2D eigenvalue weighted by Gasteiger charge is -2.07. The molecule has 0 spiro atoms. The zero-order chi connectivity index (χ0) is 18.7. The van der Waals surface area contributed by atoms with E-state index in [0.717, 1.165) is 0 Å². The van der Waals surface area contributed by atoms with Crippen molar-refractivity contribution in [3.8, 4) is 11.3 Å². The van der Waals surface area contributed by atoms with Gasteiger partial charge in [-0.05, 0) is 54.6 Å². The number of hydrogen-bond donors (Lipinski definition) is 2. The fraction of sp³-hybridized carbons (Fsp3) is 0. The third-order valence-electron chi connectivity index (χ3n) is 3.42. The summed E-state index contributed by atoms with van der Waals surface area (Å²) in [5, 5.41) is 0.526. The highest BCUT2D eigenvalue weighted by Gasteiger charge is 2.15. The molecule has 0 atom stereocenters. The van der Waals surface area contributed by atoms with Crippen LogP contribution in [-0.2, 0) is 0 Å². The summed E-state index contributed by atoms with van der Waals surface area (Å²) >= 11 is 11.8. The van der Waals surface area contributed by atoms with Crippen LogP contribution in [-0.4, -0.2) is 11.8 Å². The third kappa shape index (κ3) is 4.04. The predicted molar refractivity (Wildman–Crippen MR) is 95.5 cm³/mol. The number of carbonyl (C=O) groups is 2. The molecule has 0 aliphatic heterocycles. The van der Waals surface area contributed by atoms with Crippen molar-refractivity contribution in [1.29, 1.82) is 0 Å². The van der Waals surface area contributed by atoms with Crippen molar-refractivity contribution in [3.63, 3.8) is 0 Å². The molecule has 0 aliphatic carbocycles. The van der Waals surface area contributed by atoms with Crippen molar-refractivity contribution < 1.29 is 18.4 Å². The van der Waals surface area contributed by atoms with Crippen molar-refractivity contribution in [3.05, 3.63) is 81.8 Å². The first-order valence-corrected chi connectivity index (χ1v) is 8.11. The average Bonchev–Trinajstić information content (AvgIpc) is 3.12. The van der Waals surface area contributed by atoms with Crippen LogP contribution in [0.2, 0.25) is 10.0 Å². The van der Waals surface area contributed by atoms with Gasteiger partial charge in [0.05, 0.1) is 10.6 Å². The summed E-state index contributed by atoms with van der Waals surface area (Å²) < 4.78 is 18.4. The van der Waals surface area contributed by atoms with Gasteiger partial charge in [0.2, 0.25) is 0 Å². The average molecular weight is 393 g/mol. The molecule has 0 saturated heterocycles. The second-order valence-electron chi connectivity index (χ2n) is 5.20. The molecule has 26 heavy (non-hydrogen) atoms. The molecule has 2 N–H and O–H groups in total. The third-order valence-corrected chi connectivity index (χ3v) is 3.99. The maximum absolute atomic E-state index is 13.0. The van der Waals surface area contributed by atoms with Gasteiger partial charge in [0.1, 0.15) is 11.6 Å². The molecule has 0 radical (unpaired) electrons. The molecular weight excluding hydrogens is 382 g/mol. The topological polar surface area (TPSA) is 71.3 Å². The lowest BCUT2D eigenvalue weighted by molar-refractivity contribution is 0.0831. The minimum absolute atomic E-state index is 0.0261. The van der Waals surface area contributed by atoms with Gasteiger partial charge in [0.15, 0.2) is 5.76 Å². The number of hydrogen-bond acceptors (Lipinski definition) is 3. The summed E-state index contributed by atoms with van der Waals surface area (Å²) in [6, 6.07) is 13.0. The van der Waals surface area contributed by atoms with E-state index in [4.69, 9.17) is 27.6 Å². The molecule has 0 saturated carbocycles. The highest BCUT2D eigenvalue weighted by molar-refractivity contribution is 6.35. The van der Waals surface area contributed by atoms with Crippen LogP contribution in [0.3, 0.4) is 0 Å². The first-order chi connectivity index (χ1) is 12.4. The normalized spacial score (nSPS) is 10.4. The molecule has 0 fully saturated rings. The van der Waals surface area contributed by atoms with Crippen LogP contribution in [0.15, 0.2) is 59.0 Å². The fourth-order valence-corrected chi connectivity index (χ4v) is 2.52.